The molecule has 0 bridgehead atoms. The lowest BCUT2D eigenvalue weighted by molar-refractivity contribution is 0.222. The molecule has 3 heteroatoms. The maximum Gasteiger partial charge on any atom is 0.137 e. The first-order valence-corrected chi connectivity index (χ1v) is 7.24. The van der Waals surface area contributed by atoms with E-state index in [1.54, 1.807) is 0 Å². The van der Waals surface area contributed by atoms with Gasteiger partial charge in [-0.3, -0.25) is 4.90 Å². The zero-order valence-electron chi connectivity index (χ0n) is 12.4. The van der Waals surface area contributed by atoms with Crippen LogP contribution in [0.4, 0.5) is 0 Å². The summed E-state index contributed by atoms with van der Waals surface area (Å²) in [6.07, 6.45) is 1.12. The van der Waals surface area contributed by atoms with Crippen molar-refractivity contribution in [1.82, 2.24) is 14.3 Å². The van der Waals surface area contributed by atoms with Crippen LogP contribution in [0.15, 0.2) is 12.1 Å². The second-order valence-corrected chi connectivity index (χ2v) is 6.25. The lowest BCUT2D eigenvalue weighted by atomic mass is 10.1. The average molecular weight is 257 g/mol. The molecular formula is C16H23N3. The normalized spacial score (nSPS) is 16.3. The average Bonchev–Trinajstić information content (AvgIpc) is 2.64. The number of imidazole rings is 1. The highest BCUT2D eigenvalue weighted by Gasteiger charge is 2.22. The highest BCUT2D eigenvalue weighted by atomic mass is 15.2. The number of aryl methyl sites for hydroxylation is 2. The number of aromatic nitrogens is 2. The smallest absolute Gasteiger partial charge is 0.137 e. The van der Waals surface area contributed by atoms with Gasteiger partial charge >= 0.3 is 0 Å². The molecule has 0 saturated carbocycles. The van der Waals surface area contributed by atoms with E-state index in [4.69, 9.17) is 4.98 Å². The first-order chi connectivity index (χ1) is 9.04. The second-order valence-electron chi connectivity index (χ2n) is 6.25. The summed E-state index contributed by atoms with van der Waals surface area (Å²) >= 11 is 0. The van der Waals surface area contributed by atoms with E-state index in [1.165, 1.54) is 29.2 Å². The summed E-state index contributed by atoms with van der Waals surface area (Å²) in [5.41, 5.74) is 6.43. The number of nitrogens with zero attached hydrogens (tertiary/aromatic N) is 3. The van der Waals surface area contributed by atoms with Crippen LogP contribution >= 0.6 is 0 Å². The Morgan fingerprint density at radius 2 is 2.05 bits per heavy atom. The van der Waals surface area contributed by atoms with Crippen LogP contribution in [0.2, 0.25) is 0 Å². The van der Waals surface area contributed by atoms with E-state index in [0.717, 1.165) is 31.1 Å². The highest BCUT2D eigenvalue weighted by Crippen LogP contribution is 2.23. The molecule has 19 heavy (non-hydrogen) atoms. The highest BCUT2D eigenvalue weighted by molar-refractivity contribution is 5.48. The summed E-state index contributed by atoms with van der Waals surface area (Å²) in [6.45, 7) is 12.2. The Hall–Kier alpha value is -1.35. The molecule has 2 aromatic heterocycles. The standard InChI is InChI=1S/C16H23N3/c1-11(2)9-18-6-5-15-14(10-18)17-16-8-12(3)7-13(4)19(15)16/h7-8,11H,5-6,9-10H2,1-4H3. The van der Waals surface area contributed by atoms with Crippen molar-refractivity contribution in [3.05, 3.63) is 34.8 Å². The lowest BCUT2D eigenvalue weighted by Crippen LogP contribution is -2.33. The monoisotopic (exact) mass is 257 g/mol. The summed E-state index contributed by atoms with van der Waals surface area (Å²) < 4.78 is 2.34. The van der Waals surface area contributed by atoms with E-state index in [0.29, 0.717) is 0 Å². The quantitative estimate of drug-likeness (QED) is 0.824. The van der Waals surface area contributed by atoms with Gasteiger partial charge in [0, 0.05) is 37.4 Å². The fourth-order valence-corrected chi connectivity index (χ4v) is 3.26. The molecule has 0 aromatic carbocycles. The summed E-state index contributed by atoms with van der Waals surface area (Å²) in [5.74, 6) is 0.725. The predicted octanol–water partition coefficient (Wildman–Crippen LogP) is 2.97. The van der Waals surface area contributed by atoms with Gasteiger partial charge in [0.25, 0.3) is 0 Å². The van der Waals surface area contributed by atoms with Crippen LogP contribution in [0.1, 0.15) is 36.5 Å². The van der Waals surface area contributed by atoms with E-state index in [-0.39, 0.29) is 0 Å². The Morgan fingerprint density at radius 1 is 1.26 bits per heavy atom. The number of rotatable bonds is 2. The minimum absolute atomic E-state index is 0.725. The van der Waals surface area contributed by atoms with Gasteiger partial charge in [-0.15, -0.1) is 0 Å². The van der Waals surface area contributed by atoms with Gasteiger partial charge in [0.15, 0.2) is 0 Å². The van der Waals surface area contributed by atoms with E-state index in [1.807, 2.05) is 0 Å². The van der Waals surface area contributed by atoms with Crippen molar-refractivity contribution in [2.45, 2.75) is 40.7 Å². The molecule has 1 aliphatic rings. The molecule has 0 radical (unpaired) electrons. The van der Waals surface area contributed by atoms with Crippen molar-refractivity contribution in [3.63, 3.8) is 0 Å². The fourth-order valence-electron chi connectivity index (χ4n) is 3.26. The number of pyridine rings is 1. The van der Waals surface area contributed by atoms with Gasteiger partial charge in [-0.2, -0.15) is 0 Å². The first kappa shape index (κ1) is 12.7. The van der Waals surface area contributed by atoms with Crippen LogP contribution in [0.25, 0.3) is 5.65 Å². The van der Waals surface area contributed by atoms with Gasteiger partial charge in [0.2, 0.25) is 0 Å². The largest absolute Gasteiger partial charge is 0.301 e. The minimum Gasteiger partial charge on any atom is -0.301 e. The summed E-state index contributed by atoms with van der Waals surface area (Å²) in [4.78, 5) is 7.38. The van der Waals surface area contributed by atoms with Crippen molar-refractivity contribution in [2.75, 3.05) is 13.1 Å². The number of hydrogen-bond donors (Lipinski definition) is 0. The molecule has 0 saturated heterocycles. The fraction of sp³-hybridized carbons (Fsp3) is 0.562. The zero-order chi connectivity index (χ0) is 13.6. The van der Waals surface area contributed by atoms with Crippen LogP contribution in [0.3, 0.4) is 0 Å². The summed E-state index contributed by atoms with van der Waals surface area (Å²) in [7, 11) is 0. The van der Waals surface area contributed by atoms with E-state index < -0.39 is 0 Å². The Labute approximate surface area is 115 Å². The predicted molar refractivity (Wildman–Crippen MR) is 78.5 cm³/mol. The molecule has 2 aromatic rings. The molecule has 0 N–H and O–H groups in total. The van der Waals surface area contributed by atoms with E-state index >= 15 is 0 Å². The third kappa shape index (κ3) is 2.27. The molecule has 0 atom stereocenters. The Balaban J connectivity index is 2.00. The SMILES string of the molecule is Cc1cc(C)n2c3c(nc2c1)CN(CC(C)C)CC3. The molecule has 0 spiro atoms. The molecule has 0 fully saturated rings. The van der Waals surface area contributed by atoms with Gasteiger partial charge in [0.1, 0.15) is 5.65 Å². The molecule has 102 valence electrons. The number of hydrogen-bond acceptors (Lipinski definition) is 2. The minimum atomic E-state index is 0.725. The molecular weight excluding hydrogens is 234 g/mol. The van der Waals surface area contributed by atoms with Gasteiger partial charge < -0.3 is 4.40 Å². The summed E-state index contributed by atoms with van der Waals surface area (Å²) in [5, 5.41) is 0. The van der Waals surface area contributed by atoms with Gasteiger partial charge in [-0.1, -0.05) is 13.8 Å². The molecule has 3 nitrogen and oxygen atoms in total. The van der Waals surface area contributed by atoms with Gasteiger partial charge in [0.05, 0.1) is 5.69 Å². The maximum absolute atomic E-state index is 4.85. The first-order valence-electron chi connectivity index (χ1n) is 7.24. The van der Waals surface area contributed by atoms with Crippen LogP contribution in [0, 0.1) is 19.8 Å². The maximum atomic E-state index is 4.85. The molecule has 0 unspecified atom stereocenters. The van der Waals surface area contributed by atoms with Crippen LogP contribution in [0.5, 0.6) is 0 Å². The van der Waals surface area contributed by atoms with E-state index in [9.17, 15) is 0 Å². The van der Waals surface area contributed by atoms with Crippen molar-refractivity contribution in [1.29, 1.82) is 0 Å². The second kappa shape index (κ2) is 4.64. The Kier molecular flexibility index (Phi) is 3.09. The number of fused-ring (bicyclic) bond motifs is 3. The summed E-state index contributed by atoms with van der Waals surface area (Å²) in [6, 6.07) is 4.44. The zero-order valence-corrected chi connectivity index (χ0v) is 12.4. The molecule has 3 rings (SSSR count). The lowest BCUT2D eigenvalue weighted by Gasteiger charge is -2.27. The molecule has 0 aliphatic carbocycles. The van der Waals surface area contributed by atoms with Crippen LogP contribution in [-0.2, 0) is 13.0 Å². The van der Waals surface area contributed by atoms with Crippen LogP contribution in [-0.4, -0.2) is 27.4 Å². The third-order valence-electron chi connectivity index (χ3n) is 3.89. The van der Waals surface area contributed by atoms with Gasteiger partial charge in [-0.25, -0.2) is 4.98 Å². The third-order valence-corrected chi connectivity index (χ3v) is 3.89. The topological polar surface area (TPSA) is 20.5 Å². The van der Waals surface area contributed by atoms with Crippen LogP contribution < -0.4 is 0 Å². The van der Waals surface area contributed by atoms with Crippen molar-refractivity contribution < 1.29 is 0 Å². The molecule has 1 aliphatic heterocycles. The Morgan fingerprint density at radius 3 is 2.79 bits per heavy atom. The van der Waals surface area contributed by atoms with E-state index in [2.05, 4.69) is 49.1 Å². The van der Waals surface area contributed by atoms with Crippen molar-refractivity contribution in [2.24, 2.45) is 5.92 Å². The Bertz CT molecular complexity index is 610. The molecule has 0 amide bonds. The van der Waals surface area contributed by atoms with Gasteiger partial charge in [-0.05, 0) is 37.5 Å². The van der Waals surface area contributed by atoms with Crippen molar-refractivity contribution >= 4 is 5.65 Å². The van der Waals surface area contributed by atoms with Crippen molar-refractivity contribution in [3.8, 4) is 0 Å². The molecule has 3 heterocycles.